The van der Waals surface area contributed by atoms with Gasteiger partial charge in [-0.3, -0.25) is 78.2 Å². The summed E-state index contributed by atoms with van der Waals surface area (Å²) in [7, 11) is 14.0. The lowest BCUT2D eigenvalue weighted by molar-refractivity contribution is -0.154. The number of aryl methyl sites for hydroxylation is 1. The Labute approximate surface area is 574 Å². The molecule has 11 unspecified atom stereocenters. The molecule has 1 aromatic heterocycles. The minimum Gasteiger partial charge on any atom is -0.345 e. The molecule has 0 aliphatic rings. The number of Topliss-reactive ketones (excluding diaryl/α,β-unsaturated/α-hetero) is 1. The van der Waals surface area contributed by atoms with E-state index in [1.54, 1.807) is 52.7 Å². The number of carbonyl (C=O) groups is 12. The van der Waals surface area contributed by atoms with Gasteiger partial charge in [0.2, 0.25) is 41.4 Å². The molecule has 0 aliphatic carbocycles. The van der Waals surface area contributed by atoms with Gasteiger partial charge in [0.1, 0.15) is 29.5 Å². The summed E-state index contributed by atoms with van der Waals surface area (Å²) in [5, 5.41) is 18.9. The molecule has 26 heteroatoms. The summed E-state index contributed by atoms with van der Waals surface area (Å²) < 4.78 is 1.70. The van der Waals surface area contributed by atoms with Crippen molar-refractivity contribution in [2.45, 2.75) is 235 Å². The highest BCUT2D eigenvalue weighted by atomic mass is 16.2. The number of nitrogens with one attached hydrogen (secondary N) is 5. The molecule has 5 N–H and O–H groups in total. The average molecular weight is 1360 g/mol. The van der Waals surface area contributed by atoms with Crippen LogP contribution in [-0.2, 0) is 71.1 Å². The number of hydrogen-bond donors (Lipinski definition) is 5. The zero-order valence-electron chi connectivity index (χ0n) is 63.4. The van der Waals surface area contributed by atoms with E-state index in [4.69, 9.17) is 0 Å². The van der Waals surface area contributed by atoms with Gasteiger partial charge in [0.05, 0.1) is 24.2 Å². The zero-order valence-corrected chi connectivity index (χ0v) is 63.4. The second-order valence-corrected chi connectivity index (χ2v) is 29.5. The fourth-order valence-corrected chi connectivity index (χ4v) is 12.0. The molecule has 0 saturated carbocycles. The normalized spacial score (nSPS) is 16.3. The van der Waals surface area contributed by atoms with Gasteiger partial charge >= 0.3 is 0 Å². The molecule has 96 heavy (non-hydrogen) atoms. The quantitative estimate of drug-likeness (QED) is 0.0342. The van der Waals surface area contributed by atoms with Gasteiger partial charge < -0.3 is 44.9 Å². The molecular weight excluding hydrogens is 1230 g/mol. The Balaban J connectivity index is 3.78. The third-order valence-corrected chi connectivity index (χ3v) is 18.5. The lowest BCUT2D eigenvalue weighted by atomic mass is 9.90. The van der Waals surface area contributed by atoms with E-state index < -0.39 is 118 Å². The van der Waals surface area contributed by atoms with Crippen molar-refractivity contribution in [1.82, 2.24) is 70.7 Å². The second kappa shape index (κ2) is 39.8. The Bertz CT molecular complexity index is 2740. The summed E-state index contributed by atoms with van der Waals surface area (Å²) in [5.41, 5.74) is -4.15. The molecule has 548 valence electrons. The van der Waals surface area contributed by atoms with Crippen LogP contribution >= 0.6 is 0 Å². The van der Waals surface area contributed by atoms with Crippen LogP contribution in [0.5, 0.6) is 0 Å². The van der Waals surface area contributed by atoms with Crippen molar-refractivity contribution in [2.24, 2.45) is 54.4 Å². The molecule has 0 saturated heterocycles. The van der Waals surface area contributed by atoms with Crippen LogP contribution in [0.15, 0.2) is 12.4 Å². The first-order valence-electron chi connectivity index (χ1n) is 34.5. The predicted molar refractivity (Wildman–Crippen MR) is 373 cm³/mol. The van der Waals surface area contributed by atoms with Gasteiger partial charge in [0.15, 0.2) is 36.3 Å². The Morgan fingerprint density at radius 1 is 0.615 bits per heavy atom. The summed E-state index contributed by atoms with van der Waals surface area (Å²) in [6, 6.07) is -7.86. The van der Waals surface area contributed by atoms with E-state index in [0.29, 0.717) is 70.0 Å². The molecule has 11 atom stereocenters. The Hall–Kier alpha value is -6.51. The molecule has 26 nitrogen and oxygen atoms in total. The minimum atomic E-state index is -1.90. The molecule has 0 bridgehead atoms. The predicted octanol–water partition coefficient (Wildman–Crippen LogP) is 4.48. The number of hydrogen-bond acceptors (Lipinski definition) is 17. The fourth-order valence-electron chi connectivity index (χ4n) is 12.0. The Kier molecular flexibility index (Phi) is 36.3. The van der Waals surface area contributed by atoms with E-state index in [-0.39, 0.29) is 55.4 Å². The summed E-state index contributed by atoms with van der Waals surface area (Å²) in [6.07, 6.45) is 8.31. The van der Waals surface area contributed by atoms with Gasteiger partial charge in [-0.2, -0.15) is 5.10 Å². The summed E-state index contributed by atoms with van der Waals surface area (Å²) >= 11 is 0. The fraction of sp³-hybridized carbons (Fsp3) is 0.786. The van der Waals surface area contributed by atoms with Crippen LogP contribution in [0.1, 0.15) is 181 Å². The monoisotopic (exact) mass is 1350 g/mol. The van der Waals surface area contributed by atoms with Crippen molar-refractivity contribution in [3.8, 4) is 0 Å². The molecule has 1 heterocycles. The maximum atomic E-state index is 15.1. The van der Waals surface area contributed by atoms with Crippen LogP contribution in [-0.4, -0.2) is 239 Å². The van der Waals surface area contributed by atoms with Gasteiger partial charge in [0.25, 0.3) is 5.91 Å². The molecule has 1 aromatic rings. The molecule has 0 fully saturated rings. The van der Waals surface area contributed by atoms with Crippen molar-refractivity contribution in [2.75, 3.05) is 69.5 Å². The molecule has 0 spiro atoms. The van der Waals surface area contributed by atoms with Crippen molar-refractivity contribution in [3.63, 3.8) is 0 Å². The molecular formula is C70H126N14O12. The van der Waals surface area contributed by atoms with Crippen molar-refractivity contribution >= 4 is 71.9 Å². The number of likely N-dealkylation sites (N-methyl/N-ethyl adjacent to an activating group) is 6. The molecule has 1 rings (SSSR count). The highest BCUT2D eigenvalue weighted by molar-refractivity contribution is 6.09. The lowest BCUT2D eigenvalue weighted by Gasteiger charge is -2.45. The van der Waals surface area contributed by atoms with Crippen LogP contribution in [0.3, 0.4) is 0 Å². The standard InChI is InChI=1S/C70H126N14O12/c1-27-55(73-62(91)59(60(89)50(14)33-34-77(19)38-53-37-72-79(21)39-53)82(24)65(94)54(48(10)11)40-78(20)57(88)30-28-29-44(2)3)66(95)80(22)52(16)64(93)84(26)70(43-87,36-47(8)9)75-58(49(12)13)67(96)81(23)56(32-31-45(4)5)61(90)76-68(17,41-85)74-51(15)63(92)83(25)69(42-86,71-18)35-46(6)7/h37,39,41-52,54-56,58-59,71,74-75H,27-36,38,40H2,1-26H3,(H,73,91)(H,76,90). The van der Waals surface area contributed by atoms with Gasteiger partial charge in [-0.15, -0.1) is 0 Å². The van der Waals surface area contributed by atoms with E-state index in [2.05, 4.69) is 45.5 Å². The topological polar surface area (TPSA) is 305 Å². The highest BCUT2D eigenvalue weighted by Gasteiger charge is 2.48. The smallest absolute Gasteiger partial charge is 0.251 e. The van der Waals surface area contributed by atoms with E-state index in [1.165, 1.54) is 70.7 Å². The van der Waals surface area contributed by atoms with Gasteiger partial charge in [-0.25, -0.2) is 0 Å². The van der Waals surface area contributed by atoms with Crippen LogP contribution in [0.2, 0.25) is 0 Å². The third-order valence-electron chi connectivity index (χ3n) is 18.5. The highest BCUT2D eigenvalue weighted by Crippen LogP contribution is 2.27. The number of rotatable bonds is 45. The van der Waals surface area contributed by atoms with Crippen molar-refractivity contribution in [1.29, 1.82) is 0 Å². The SMILES string of the molecule is CCC(NC(=O)C(C(=O)C(C)CCN(C)Cc1cnn(C)c1)N(C)C(=O)C(CN(C)C(=O)CCCC(C)C)C(C)C)C(=O)N(C)C(C)C(=O)N(C)C(C=O)(CC(C)C)NC(C(=O)N(C)C(CCC(C)C)C(=O)NC(C)(C=O)NC(C)C(=O)N(C)C(C=O)(CC(C)C)NC)C(C)C. The zero-order chi connectivity index (χ0) is 74.2. The van der Waals surface area contributed by atoms with E-state index in [1.807, 2.05) is 80.6 Å². The number of aldehydes is 3. The summed E-state index contributed by atoms with van der Waals surface area (Å²) in [4.78, 5) is 180. The first-order valence-corrected chi connectivity index (χ1v) is 34.5. The van der Waals surface area contributed by atoms with Crippen molar-refractivity contribution in [3.05, 3.63) is 18.0 Å². The molecule has 0 aromatic carbocycles. The van der Waals surface area contributed by atoms with Gasteiger partial charge in [-0.1, -0.05) is 103 Å². The maximum Gasteiger partial charge on any atom is 0.251 e. The Morgan fingerprint density at radius 3 is 1.64 bits per heavy atom. The first kappa shape index (κ1) is 87.5. The van der Waals surface area contributed by atoms with Crippen molar-refractivity contribution < 1.29 is 57.5 Å². The van der Waals surface area contributed by atoms with Crippen LogP contribution in [0.4, 0.5) is 0 Å². The first-order chi connectivity index (χ1) is 44.4. The van der Waals surface area contributed by atoms with E-state index in [0.717, 1.165) is 26.7 Å². The maximum absolute atomic E-state index is 15.1. The van der Waals surface area contributed by atoms with E-state index >= 15 is 9.59 Å². The number of nitrogens with zero attached hydrogens (tertiary/aromatic N) is 9. The summed E-state index contributed by atoms with van der Waals surface area (Å²) in [6.45, 7) is 31.4. The summed E-state index contributed by atoms with van der Waals surface area (Å²) in [5.74, 6) is -7.72. The largest absolute Gasteiger partial charge is 0.345 e. The number of aromatic nitrogens is 2. The van der Waals surface area contributed by atoms with Crippen LogP contribution in [0, 0.1) is 47.3 Å². The third kappa shape index (κ3) is 25.1. The average Bonchev–Trinajstić information content (AvgIpc) is 0.896. The molecule has 0 radical (unpaired) electrons. The van der Waals surface area contributed by atoms with Gasteiger partial charge in [0, 0.05) is 86.5 Å². The number of ketones is 1. The minimum absolute atomic E-state index is 0.00774. The Morgan fingerprint density at radius 2 is 1.17 bits per heavy atom. The lowest BCUT2D eigenvalue weighted by Crippen LogP contribution is -2.70. The van der Waals surface area contributed by atoms with Gasteiger partial charge in [-0.05, 0) is 122 Å². The van der Waals surface area contributed by atoms with E-state index in [9.17, 15) is 47.9 Å². The van der Waals surface area contributed by atoms with Crippen LogP contribution < -0.4 is 26.6 Å². The second-order valence-electron chi connectivity index (χ2n) is 29.5. The molecule has 0 aliphatic heterocycles. The molecule has 8 amide bonds. The van der Waals surface area contributed by atoms with Crippen LogP contribution in [0.25, 0.3) is 0 Å². The number of amides is 8. The number of carbonyl (C=O) groups excluding carboxylic acids is 12.